The number of rotatable bonds is 3. The number of halogens is 2. The Hall–Kier alpha value is -1.23. The van der Waals surface area contributed by atoms with Crippen LogP contribution >= 0.6 is 23.2 Å². The van der Waals surface area contributed by atoms with Crippen LogP contribution in [0.15, 0.2) is 41.3 Å². The molecule has 0 bridgehead atoms. The number of nitrogen functional groups attached to an aromatic ring is 1. The Bertz CT molecular complexity index is 758. The van der Waals surface area contributed by atoms with Gasteiger partial charge >= 0.3 is 0 Å². The third-order valence-electron chi connectivity index (χ3n) is 2.84. The topological polar surface area (TPSA) is 60.2 Å². The zero-order chi connectivity index (χ0) is 14.9. The van der Waals surface area contributed by atoms with Crippen LogP contribution in [0.25, 0.3) is 0 Å². The van der Waals surface area contributed by atoms with Crippen molar-refractivity contribution in [2.75, 3.05) is 5.73 Å². The fraction of sp³-hybridized carbons (Fsp3) is 0.143. The quantitative estimate of drug-likeness (QED) is 0.870. The van der Waals surface area contributed by atoms with Crippen LogP contribution in [0.5, 0.6) is 0 Å². The Labute approximate surface area is 128 Å². The van der Waals surface area contributed by atoms with Crippen molar-refractivity contribution in [2.24, 2.45) is 0 Å². The molecule has 0 radical (unpaired) electrons. The predicted octanol–water partition coefficient (Wildman–Crippen LogP) is 3.86. The van der Waals surface area contributed by atoms with Crippen molar-refractivity contribution < 1.29 is 8.42 Å². The molecule has 0 saturated carbocycles. The first-order valence-electron chi connectivity index (χ1n) is 5.82. The lowest BCUT2D eigenvalue weighted by atomic mass is 10.2. The van der Waals surface area contributed by atoms with Crippen molar-refractivity contribution in [1.82, 2.24) is 0 Å². The van der Waals surface area contributed by atoms with Crippen LogP contribution in [0.3, 0.4) is 0 Å². The van der Waals surface area contributed by atoms with Gasteiger partial charge in [-0.05, 0) is 42.3 Å². The van der Waals surface area contributed by atoms with Crippen LogP contribution in [0.2, 0.25) is 10.0 Å². The van der Waals surface area contributed by atoms with Gasteiger partial charge in [-0.15, -0.1) is 0 Å². The van der Waals surface area contributed by atoms with E-state index in [0.29, 0.717) is 15.6 Å². The smallest absolute Gasteiger partial charge is 0.184 e. The predicted molar refractivity (Wildman–Crippen MR) is 82.9 cm³/mol. The van der Waals surface area contributed by atoms with Crippen molar-refractivity contribution >= 4 is 38.7 Å². The molecule has 0 unspecified atom stereocenters. The van der Waals surface area contributed by atoms with Gasteiger partial charge in [0.15, 0.2) is 9.84 Å². The molecule has 0 aliphatic rings. The largest absolute Gasteiger partial charge is 0.398 e. The van der Waals surface area contributed by atoms with Crippen LogP contribution in [0, 0.1) is 6.92 Å². The highest BCUT2D eigenvalue weighted by molar-refractivity contribution is 7.90. The van der Waals surface area contributed by atoms with Crippen molar-refractivity contribution in [3.63, 3.8) is 0 Å². The number of aryl methyl sites for hydroxylation is 1. The van der Waals surface area contributed by atoms with Gasteiger partial charge in [-0.3, -0.25) is 0 Å². The molecule has 0 atom stereocenters. The van der Waals surface area contributed by atoms with Crippen LogP contribution < -0.4 is 5.73 Å². The lowest BCUT2D eigenvalue weighted by Gasteiger charge is -2.09. The van der Waals surface area contributed by atoms with Gasteiger partial charge in [-0.1, -0.05) is 35.3 Å². The lowest BCUT2D eigenvalue weighted by molar-refractivity contribution is 0.595. The molecule has 3 nitrogen and oxygen atoms in total. The molecule has 2 aromatic rings. The van der Waals surface area contributed by atoms with E-state index < -0.39 is 9.84 Å². The maximum absolute atomic E-state index is 12.4. The van der Waals surface area contributed by atoms with E-state index in [4.69, 9.17) is 28.9 Å². The van der Waals surface area contributed by atoms with Gasteiger partial charge in [0.2, 0.25) is 0 Å². The summed E-state index contributed by atoms with van der Waals surface area (Å²) < 4.78 is 24.7. The number of benzene rings is 2. The molecule has 2 rings (SSSR count). The highest BCUT2D eigenvalue weighted by Crippen LogP contribution is 2.27. The van der Waals surface area contributed by atoms with Crippen molar-refractivity contribution in [1.29, 1.82) is 0 Å². The molecule has 0 aromatic heterocycles. The van der Waals surface area contributed by atoms with E-state index in [0.717, 1.165) is 5.56 Å². The summed E-state index contributed by atoms with van der Waals surface area (Å²) in [7, 11) is -3.52. The zero-order valence-corrected chi connectivity index (χ0v) is 13.1. The fourth-order valence-corrected chi connectivity index (χ4v) is 3.67. The van der Waals surface area contributed by atoms with Crippen molar-refractivity contribution in [3.05, 3.63) is 57.6 Å². The number of anilines is 1. The summed E-state index contributed by atoms with van der Waals surface area (Å²) >= 11 is 11.7. The number of sulfone groups is 1. The van der Waals surface area contributed by atoms with E-state index in [9.17, 15) is 8.42 Å². The van der Waals surface area contributed by atoms with Crippen LogP contribution in [-0.4, -0.2) is 8.42 Å². The van der Waals surface area contributed by atoms with Crippen LogP contribution in [-0.2, 0) is 15.6 Å². The van der Waals surface area contributed by atoms with E-state index in [1.807, 2.05) is 6.92 Å². The molecule has 6 heteroatoms. The third-order valence-corrected chi connectivity index (χ3v) is 5.34. The van der Waals surface area contributed by atoms with Crippen LogP contribution in [0.4, 0.5) is 5.69 Å². The van der Waals surface area contributed by atoms with Gasteiger partial charge in [-0.2, -0.15) is 0 Å². The average molecular weight is 330 g/mol. The molecule has 106 valence electrons. The first-order valence-corrected chi connectivity index (χ1v) is 8.23. The minimum atomic E-state index is -3.52. The molecular weight excluding hydrogens is 317 g/mol. The molecule has 2 N–H and O–H groups in total. The Morgan fingerprint density at radius 1 is 1.05 bits per heavy atom. The monoisotopic (exact) mass is 329 g/mol. The molecule has 2 aromatic carbocycles. The highest BCUT2D eigenvalue weighted by atomic mass is 35.5. The summed E-state index contributed by atoms with van der Waals surface area (Å²) in [6.07, 6.45) is 0. The van der Waals surface area contributed by atoms with E-state index >= 15 is 0 Å². The first-order chi connectivity index (χ1) is 9.29. The summed E-state index contributed by atoms with van der Waals surface area (Å²) in [4.78, 5) is 0.133. The number of hydrogen-bond acceptors (Lipinski definition) is 3. The van der Waals surface area contributed by atoms with E-state index in [2.05, 4.69) is 0 Å². The summed E-state index contributed by atoms with van der Waals surface area (Å²) in [5, 5.41) is 0.721. The molecule has 0 aliphatic heterocycles. The molecule has 0 aliphatic carbocycles. The van der Waals surface area contributed by atoms with Crippen LogP contribution in [0.1, 0.15) is 11.1 Å². The summed E-state index contributed by atoms with van der Waals surface area (Å²) in [5.41, 5.74) is 7.53. The fourth-order valence-electron chi connectivity index (χ4n) is 1.88. The first kappa shape index (κ1) is 15.2. The second kappa shape index (κ2) is 5.64. The highest BCUT2D eigenvalue weighted by Gasteiger charge is 2.18. The van der Waals surface area contributed by atoms with E-state index in [1.54, 1.807) is 30.3 Å². The second-order valence-electron chi connectivity index (χ2n) is 4.55. The zero-order valence-electron chi connectivity index (χ0n) is 10.7. The average Bonchev–Trinajstić information content (AvgIpc) is 2.33. The van der Waals surface area contributed by atoms with Gasteiger partial charge in [-0.25, -0.2) is 8.42 Å². The summed E-state index contributed by atoms with van der Waals surface area (Å²) in [6.45, 7) is 1.85. The Morgan fingerprint density at radius 2 is 1.75 bits per heavy atom. The van der Waals surface area contributed by atoms with Gasteiger partial charge in [0.05, 0.1) is 26.4 Å². The van der Waals surface area contributed by atoms with Crippen molar-refractivity contribution in [2.45, 2.75) is 17.6 Å². The maximum Gasteiger partial charge on any atom is 0.184 e. The standard InChI is InChI=1S/C14H13Cl2NO2S/c1-9-2-5-14(13(17)6-9)20(18,19)8-10-3-4-11(15)12(16)7-10/h2-7H,8,17H2,1H3. The Balaban J connectivity index is 2.38. The maximum atomic E-state index is 12.4. The molecule has 0 heterocycles. The molecule has 0 amide bonds. The minimum Gasteiger partial charge on any atom is -0.398 e. The third kappa shape index (κ3) is 3.26. The van der Waals surface area contributed by atoms with E-state index in [-0.39, 0.29) is 16.3 Å². The second-order valence-corrected chi connectivity index (χ2v) is 7.32. The van der Waals surface area contributed by atoms with Gasteiger partial charge in [0.1, 0.15) is 0 Å². The van der Waals surface area contributed by atoms with Crippen molar-refractivity contribution in [3.8, 4) is 0 Å². The minimum absolute atomic E-state index is 0.133. The van der Waals surface area contributed by atoms with E-state index in [1.165, 1.54) is 6.07 Å². The van der Waals surface area contributed by atoms with Gasteiger partial charge in [0.25, 0.3) is 0 Å². The molecule has 0 spiro atoms. The Morgan fingerprint density at radius 3 is 2.35 bits per heavy atom. The number of nitrogens with two attached hydrogens (primary N) is 1. The molecular formula is C14H13Cl2NO2S. The summed E-state index contributed by atoms with van der Waals surface area (Å²) in [6, 6.07) is 9.65. The SMILES string of the molecule is Cc1ccc(S(=O)(=O)Cc2ccc(Cl)c(Cl)c2)c(N)c1. The molecule has 0 fully saturated rings. The summed E-state index contributed by atoms with van der Waals surface area (Å²) in [5.74, 6) is -0.169. The Kier molecular flexibility index (Phi) is 4.28. The number of hydrogen-bond donors (Lipinski definition) is 1. The lowest BCUT2D eigenvalue weighted by Crippen LogP contribution is -2.08. The molecule has 20 heavy (non-hydrogen) atoms. The normalized spacial score (nSPS) is 11.6. The van der Waals surface area contributed by atoms with Gasteiger partial charge < -0.3 is 5.73 Å². The molecule has 0 saturated heterocycles. The van der Waals surface area contributed by atoms with Gasteiger partial charge in [0, 0.05) is 0 Å².